The molecule has 1 N–H and O–H groups in total. The van der Waals surface area contributed by atoms with Crippen LogP contribution < -0.4 is 5.32 Å². The molecule has 112 valence electrons. The number of benzene rings is 2. The van der Waals surface area contributed by atoms with Gasteiger partial charge < -0.3 is 10.1 Å². The van der Waals surface area contributed by atoms with Crippen LogP contribution in [0.4, 0.5) is 18.9 Å². The fourth-order valence-electron chi connectivity index (χ4n) is 2.03. The van der Waals surface area contributed by atoms with Crippen molar-refractivity contribution in [2.24, 2.45) is 0 Å². The van der Waals surface area contributed by atoms with Crippen LogP contribution in [0, 0.1) is 0 Å². The van der Waals surface area contributed by atoms with Gasteiger partial charge in [0.1, 0.15) is 0 Å². The van der Waals surface area contributed by atoms with Crippen LogP contribution in [0.5, 0.6) is 0 Å². The second kappa shape index (κ2) is 6.63. The zero-order chi connectivity index (χ0) is 15.3. The third-order valence-electron chi connectivity index (χ3n) is 3.05. The lowest BCUT2D eigenvalue weighted by atomic mass is 10.1. The SMILES string of the molecule is COCc1ccccc1NCc1cccc(C(F)(F)F)c1. The van der Waals surface area contributed by atoms with E-state index in [0.717, 1.165) is 23.4 Å². The van der Waals surface area contributed by atoms with Gasteiger partial charge in [-0.2, -0.15) is 13.2 Å². The lowest BCUT2D eigenvalue weighted by molar-refractivity contribution is -0.137. The molecule has 2 aromatic carbocycles. The van der Waals surface area contributed by atoms with Gasteiger partial charge in [0, 0.05) is 24.9 Å². The maximum absolute atomic E-state index is 12.7. The zero-order valence-corrected chi connectivity index (χ0v) is 11.6. The zero-order valence-electron chi connectivity index (χ0n) is 11.6. The van der Waals surface area contributed by atoms with Crippen LogP contribution in [0.2, 0.25) is 0 Å². The minimum atomic E-state index is -4.32. The Labute approximate surface area is 121 Å². The van der Waals surface area contributed by atoms with Gasteiger partial charge in [-0.05, 0) is 23.8 Å². The summed E-state index contributed by atoms with van der Waals surface area (Å²) in [5.74, 6) is 0. The van der Waals surface area contributed by atoms with Gasteiger partial charge in [0.15, 0.2) is 0 Å². The molecule has 0 aliphatic heterocycles. The standard InChI is InChI=1S/C16H16F3NO/c1-21-11-13-6-2-3-8-15(13)20-10-12-5-4-7-14(9-12)16(17,18)19/h2-9,20H,10-11H2,1H3. The highest BCUT2D eigenvalue weighted by Crippen LogP contribution is 2.29. The molecule has 2 aromatic rings. The average molecular weight is 295 g/mol. The Balaban J connectivity index is 2.10. The number of para-hydroxylation sites is 1. The summed E-state index contributed by atoms with van der Waals surface area (Å²) < 4.78 is 43.1. The minimum absolute atomic E-state index is 0.324. The summed E-state index contributed by atoms with van der Waals surface area (Å²) in [5, 5.41) is 3.15. The highest BCUT2D eigenvalue weighted by molar-refractivity contribution is 5.51. The first-order chi connectivity index (χ1) is 10.0. The quantitative estimate of drug-likeness (QED) is 0.879. The fraction of sp³-hybridized carbons (Fsp3) is 0.250. The van der Waals surface area contributed by atoms with E-state index in [0.29, 0.717) is 18.7 Å². The van der Waals surface area contributed by atoms with Gasteiger partial charge in [-0.25, -0.2) is 0 Å². The summed E-state index contributed by atoms with van der Waals surface area (Å²) in [7, 11) is 1.60. The molecular weight excluding hydrogens is 279 g/mol. The van der Waals surface area contributed by atoms with E-state index >= 15 is 0 Å². The summed E-state index contributed by atoms with van der Waals surface area (Å²) in [6, 6.07) is 12.9. The average Bonchev–Trinajstić information content (AvgIpc) is 2.46. The van der Waals surface area contributed by atoms with Crippen LogP contribution >= 0.6 is 0 Å². The molecule has 2 nitrogen and oxygen atoms in total. The molecule has 0 aromatic heterocycles. The van der Waals surface area contributed by atoms with Crippen molar-refractivity contribution in [2.75, 3.05) is 12.4 Å². The molecule has 0 unspecified atom stereocenters. The third-order valence-corrected chi connectivity index (χ3v) is 3.05. The molecule has 0 atom stereocenters. The van der Waals surface area contributed by atoms with Gasteiger partial charge in [0.25, 0.3) is 0 Å². The summed E-state index contributed by atoms with van der Waals surface area (Å²) >= 11 is 0. The second-order valence-corrected chi connectivity index (χ2v) is 4.64. The van der Waals surface area contributed by atoms with Crippen LogP contribution in [0.25, 0.3) is 0 Å². The highest BCUT2D eigenvalue weighted by Gasteiger charge is 2.30. The van der Waals surface area contributed by atoms with Crippen molar-refractivity contribution in [1.29, 1.82) is 0 Å². The van der Waals surface area contributed by atoms with E-state index in [9.17, 15) is 13.2 Å². The Hall–Kier alpha value is -2.01. The van der Waals surface area contributed by atoms with Gasteiger partial charge in [0.2, 0.25) is 0 Å². The van der Waals surface area contributed by atoms with E-state index in [4.69, 9.17) is 4.74 Å². The lowest BCUT2D eigenvalue weighted by Crippen LogP contribution is -2.07. The van der Waals surface area contributed by atoms with Gasteiger partial charge in [-0.1, -0.05) is 30.3 Å². The molecule has 0 saturated carbocycles. The minimum Gasteiger partial charge on any atom is -0.381 e. The van der Waals surface area contributed by atoms with Gasteiger partial charge in [0.05, 0.1) is 12.2 Å². The molecular formula is C16H16F3NO. The predicted octanol–water partition coefficient (Wildman–Crippen LogP) is 4.46. The van der Waals surface area contributed by atoms with Crippen LogP contribution in [0.1, 0.15) is 16.7 Å². The number of rotatable bonds is 5. The number of alkyl halides is 3. The van der Waals surface area contributed by atoms with Crippen LogP contribution in [0.15, 0.2) is 48.5 Å². The van der Waals surface area contributed by atoms with Crippen molar-refractivity contribution in [1.82, 2.24) is 0 Å². The molecule has 21 heavy (non-hydrogen) atoms. The summed E-state index contributed by atoms with van der Waals surface area (Å²) in [4.78, 5) is 0. The van der Waals surface area contributed by atoms with Crippen molar-refractivity contribution in [2.45, 2.75) is 19.3 Å². The molecule has 0 saturated heterocycles. The van der Waals surface area contributed by atoms with Crippen molar-refractivity contribution < 1.29 is 17.9 Å². The van der Waals surface area contributed by atoms with Gasteiger partial charge in [-0.15, -0.1) is 0 Å². The Bertz CT molecular complexity index is 596. The number of hydrogen-bond acceptors (Lipinski definition) is 2. The highest BCUT2D eigenvalue weighted by atomic mass is 19.4. The Morgan fingerprint density at radius 3 is 2.52 bits per heavy atom. The number of ether oxygens (including phenoxy) is 1. The molecule has 0 amide bonds. The van der Waals surface area contributed by atoms with Crippen LogP contribution in [-0.2, 0) is 24.1 Å². The van der Waals surface area contributed by atoms with E-state index in [1.165, 1.54) is 6.07 Å². The lowest BCUT2D eigenvalue weighted by Gasteiger charge is -2.13. The van der Waals surface area contributed by atoms with E-state index in [2.05, 4.69) is 5.32 Å². The smallest absolute Gasteiger partial charge is 0.381 e. The Morgan fingerprint density at radius 1 is 1.05 bits per heavy atom. The van der Waals surface area contributed by atoms with Gasteiger partial charge >= 0.3 is 6.18 Å². The molecule has 0 radical (unpaired) electrons. The van der Waals surface area contributed by atoms with Crippen molar-refractivity contribution in [3.05, 3.63) is 65.2 Å². The maximum atomic E-state index is 12.7. The largest absolute Gasteiger partial charge is 0.416 e. The van der Waals surface area contributed by atoms with Crippen molar-refractivity contribution >= 4 is 5.69 Å². The molecule has 0 heterocycles. The summed E-state index contributed by atoms with van der Waals surface area (Å²) in [6.45, 7) is 0.774. The van der Waals surface area contributed by atoms with E-state index < -0.39 is 11.7 Å². The number of methoxy groups -OCH3 is 1. The van der Waals surface area contributed by atoms with Crippen molar-refractivity contribution in [3.63, 3.8) is 0 Å². The van der Waals surface area contributed by atoms with E-state index in [-0.39, 0.29) is 0 Å². The molecule has 0 aliphatic carbocycles. The molecule has 5 heteroatoms. The monoisotopic (exact) mass is 295 g/mol. The van der Waals surface area contributed by atoms with E-state index in [1.54, 1.807) is 13.2 Å². The fourth-order valence-corrected chi connectivity index (χ4v) is 2.03. The second-order valence-electron chi connectivity index (χ2n) is 4.64. The summed E-state index contributed by atoms with van der Waals surface area (Å²) in [6.07, 6.45) is -4.32. The maximum Gasteiger partial charge on any atom is 0.416 e. The number of nitrogens with one attached hydrogen (secondary N) is 1. The Morgan fingerprint density at radius 2 is 1.81 bits per heavy atom. The van der Waals surface area contributed by atoms with Crippen molar-refractivity contribution in [3.8, 4) is 0 Å². The number of halogens is 3. The normalized spacial score (nSPS) is 11.4. The molecule has 0 fully saturated rings. The third kappa shape index (κ3) is 4.23. The molecule has 0 bridgehead atoms. The first-order valence-corrected chi connectivity index (χ1v) is 6.47. The van der Waals surface area contributed by atoms with Gasteiger partial charge in [-0.3, -0.25) is 0 Å². The summed E-state index contributed by atoms with van der Waals surface area (Å²) in [5.41, 5.74) is 1.77. The predicted molar refractivity (Wildman–Crippen MR) is 75.9 cm³/mol. The Kier molecular flexibility index (Phi) is 4.85. The number of anilines is 1. The molecule has 0 aliphatic rings. The first-order valence-electron chi connectivity index (χ1n) is 6.47. The molecule has 0 spiro atoms. The van der Waals surface area contributed by atoms with Crippen LogP contribution in [-0.4, -0.2) is 7.11 Å². The number of hydrogen-bond donors (Lipinski definition) is 1. The first kappa shape index (κ1) is 15.4. The van der Waals surface area contributed by atoms with Crippen LogP contribution in [0.3, 0.4) is 0 Å². The molecule has 2 rings (SSSR count). The van der Waals surface area contributed by atoms with E-state index in [1.807, 2.05) is 24.3 Å². The topological polar surface area (TPSA) is 21.3 Å².